The summed E-state index contributed by atoms with van der Waals surface area (Å²) in [6.45, 7) is 3.92. The highest BCUT2D eigenvalue weighted by atomic mass is 32.1. The van der Waals surface area contributed by atoms with E-state index < -0.39 is 4.92 Å². The molecule has 0 fully saturated rings. The van der Waals surface area contributed by atoms with Crippen molar-refractivity contribution in [3.8, 4) is 0 Å². The minimum absolute atomic E-state index is 0.0910. The first kappa shape index (κ1) is 13.2. The summed E-state index contributed by atoms with van der Waals surface area (Å²) >= 11 is 1.63. The quantitative estimate of drug-likeness (QED) is 0.657. The van der Waals surface area contributed by atoms with E-state index in [0.29, 0.717) is 0 Å². The van der Waals surface area contributed by atoms with E-state index in [4.69, 9.17) is 5.73 Å². The predicted molar refractivity (Wildman–Crippen MR) is 74.2 cm³/mol. The van der Waals surface area contributed by atoms with Gasteiger partial charge in [-0.05, 0) is 26.0 Å². The lowest BCUT2D eigenvalue weighted by molar-refractivity contribution is -0.383. The van der Waals surface area contributed by atoms with Crippen LogP contribution in [0.2, 0.25) is 0 Å². The predicted octanol–water partition coefficient (Wildman–Crippen LogP) is 2.51. The van der Waals surface area contributed by atoms with E-state index in [2.05, 4.69) is 15.3 Å². The molecule has 2 aromatic rings. The van der Waals surface area contributed by atoms with Crippen molar-refractivity contribution < 1.29 is 4.92 Å². The fraction of sp³-hybridized carbons (Fsp3) is 0.273. The van der Waals surface area contributed by atoms with Crippen LogP contribution in [0.4, 0.5) is 17.3 Å². The van der Waals surface area contributed by atoms with Gasteiger partial charge >= 0.3 is 5.69 Å². The zero-order valence-corrected chi connectivity index (χ0v) is 11.3. The number of rotatable bonds is 4. The van der Waals surface area contributed by atoms with Gasteiger partial charge in [0.1, 0.15) is 6.33 Å². The maximum absolute atomic E-state index is 11.0. The summed E-state index contributed by atoms with van der Waals surface area (Å²) < 4.78 is 0. The van der Waals surface area contributed by atoms with Crippen molar-refractivity contribution >= 4 is 28.7 Å². The lowest BCUT2D eigenvalue weighted by atomic mass is 10.2. The molecule has 2 rings (SSSR count). The number of nitro groups is 1. The lowest BCUT2D eigenvalue weighted by Gasteiger charge is -2.12. The Balaban J connectivity index is 2.28. The topological polar surface area (TPSA) is 107 Å². The maximum Gasteiger partial charge on any atom is 0.353 e. The molecule has 1 atom stereocenters. The van der Waals surface area contributed by atoms with E-state index in [9.17, 15) is 10.1 Å². The molecular formula is C11H13N5O2S. The van der Waals surface area contributed by atoms with Gasteiger partial charge in [0.2, 0.25) is 11.6 Å². The molecule has 0 spiro atoms. The molecule has 2 heterocycles. The Hall–Kier alpha value is -2.22. The SMILES string of the molecule is Cc1ccc(C(C)Nc2ncnc(N)c2[N+](=O)[O-])s1. The number of aryl methyl sites for hydroxylation is 1. The van der Waals surface area contributed by atoms with Crippen LogP contribution in [0.15, 0.2) is 18.5 Å². The van der Waals surface area contributed by atoms with Gasteiger partial charge in [-0.3, -0.25) is 10.1 Å². The molecule has 0 aliphatic carbocycles. The zero-order valence-electron chi connectivity index (χ0n) is 10.5. The molecule has 3 N–H and O–H groups in total. The van der Waals surface area contributed by atoms with Crippen molar-refractivity contribution in [1.82, 2.24) is 9.97 Å². The summed E-state index contributed by atoms with van der Waals surface area (Å²) in [5, 5.41) is 14.0. The minimum atomic E-state index is -0.579. The van der Waals surface area contributed by atoms with E-state index in [1.54, 1.807) is 11.3 Å². The molecule has 0 aromatic carbocycles. The van der Waals surface area contributed by atoms with Crippen LogP contribution in [0.3, 0.4) is 0 Å². The smallest absolute Gasteiger partial charge is 0.353 e. The second-order valence-corrected chi connectivity index (χ2v) is 5.35. The number of anilines is 2. The number of nitrogens with one attached hydrogen (secondary N) is 1. The highest BCUT2D eigenvalue weighted by molar-refractivity contribution is 7.12. The molecule has 19 heavy (non-hydrogen) atoms. The van der Waals surface area contributed by atoms with Crippen LogP contribution in [0.5, 0.6) is 0 Å². The third-order valence-corrected chi connectivity index (χ3v) is 3.76. The monoisotopic (exact) mass is 279 g/mol. The van der Waals surface area contributed by atoms with E-state index in [0.717, 1.165) is 4.88 Å². The Kier molecular flexibility index (Phi) is 3.61. The van der Waals surface area contributed by atoms with Crippen molar-refractivity contribution in [2.45, 2.75) is 19.9 Å². The van der Waals surface area contributed by atoms with Crippen molar-refractivity contribution in [1.29, 1.82) is 0 Å². The van der Waals surface area contributed by atoms with Gasteiger partial charge in [0.25, 0.3) is 0 Å². The molecule has 0 saturated carbocycles. The van der Waals surface area contributed by atoms with Gasteiger partial charge in [-0.2, -0.15) is 0 Å². The number of thiophene rings is 1. The average Bonchev–Trinajstić information content (AvgIpc) is 2.75. The largest absolute Gasteiger partial charge is 0.378 e. The Bertz CT molecular complexity index is 613. The molecule has 0 bridgehead atoms. The van der Waals surface area contributed by atoms with Crippen LogP contribution in [0.1, 0.15) is 22.7 Å². The number of aromatic nitrogens is 2. The second-order valence-electron chi connectivity index (χ2n) is 4.03. The second kappa shape index (κ2) is 5.19. The van der Waals surface area contributed by atoms with Gasteiger partial charge in [0.05, 0.1) is 11.0 Å². The molecule has 2 aromatic heterocycles. The lowest BCUT2D eigenvalue weighted by Crippen LogP contribution is -2.10. The summed E-state index contributed by atoms with van der Waals surface area (Å²) in [4.78, 5) is 20.2. The molecule has 7 nitrogen and oxygen atoms in total. The van der Waals surface area contributed by atoms with E-state index >= 15 is 0 Å². The van der Waals surface area contributed by atoms with Crippen LogP contribution in [0.25, 0.3) is 0 Å². The maximum atomic E-state index is 11.0. The van der Waals surface area contributed by atoms with Crippen LogP contribution in [-0.2, 0) is 0 Å². The number of nitrogens with zero attached hydrogens (tertiary/aromatic N) is 3. The average molecular weight is 279 g/mol. The molecule has 0 saturated heterocycles. The van der Waals surface area contributed by atoms with Crippen LogP contribution >= 0.6 is 11.3 Å². The van der Waals surface area contributed by atoms with Gasteiger partial charge in [0, 0.05) is 9.75 Å². The Morgan fingerprint density at radius 3 is 2.79 bits per heavy atom. The number of hydrogen-bond donors (Lipinski definition) is 2. The standard InChI is InChI=1S/C11H13N5O2S/c1-6-3-4-8(19-6)7(2)15-11-9(16(17)18)10(12)13-5-14-11/h3-5,7H,1-2H3,(H3,12,13,14,15). The highest BCUT2D eigenvalue weighted by Gasteiger charge is 2.22. The molecule has 8 heteroatoms. The molecule has 0 amide bonds. The molecular weight excluding hydrogens is 266 g/mol. The molecule has 100 valence electrons. The minimum Gasteiger partial charge on any atom is -0.378 e. The summed E-state index contributed by atoms with van der Waals surface area (Å²) in [5.74, 6) is -0.00638. The molecule has 0 aliphatic heterocycles. The van der Waals surface area contributed by atoms with Crippen LogP contribution in [0, 0.1) is 17.0 Å². The van der Waals surface area contributed by atoms with Gasteiger partial charge < -0.3 is 11.1 Å². The molecule has 0 aliphatic rings. The third kappa shape index (κ3) is 2.79. The van der Waals surface area contributed by atoms with Crippen LogP contribution in [-0.4, -0.2) is 14.9 Å². The number of hydrogen-bond acceptors (Lipinski definition) is 7. The first-order chi connectivity index (χ1) is 8.99. The number of nitrogen functional groups attached to an aromatic ring is 1. The van der Waals surface area contributed by atoms with E-state index in [1.165, 1.54) is 11.2 Å². The van der Waals surface area contributed by atoms with Crippen molar-refractivity contribution in [3.63, 3.8) is 0 Å². The molecule has 0 radical (unpaired) electrons. The fourth-order valence-corrected chi connectivity index (χ4v) is 2.52. The first-order valence-electron chi connectivity index (χ1n) is 5.56. The Morgan fingerprint density at radius 1 is 1.47 bits per heavy atom. The van der Waals surface area contributed by atoms with Gasteiger partial charge in [0.15, 0.2) is 0 Å². The summed E-state index contributed by atoms with van der Waals surface area (Å²) in [7, 11) is 0. The Labute approximate surface area is 113 Å². The third-order valence-electron chi connectivity index (χ3n) is 2.57. The van der Waals surface area contributed by atoms with Gasteiger partial charge in [-0.15, -0.1) is 11.3 Å². The van der Waals surface area contributed by atoms with Crippen molar-refractivity contribution in [2.75, 3.05) is 11.1 Å². The Morgan fingerprint density at radius 2 is 2.21 bits per heavy atom. The van der Waals surface area contributed by atoms with Crippen molar-refractivity contribution in [2.24, 2.45) is 0 Å². The number of nitrogens with two attached hydrogens (primary N) is 1. The van der Waals surface area contributed by atoms with Gasteiger partial charge in [-0.1, -0.05) is 0 Å². The van der Waals surface area contributed by atoms with Gasteiger partial charge in [-0.25, -0.2) is 9.97 Å². The zero-order chi connectivity index (χ0) is 14.0. The summed E-state index contributed by atoms with van der Waals surface area (Å²) in [6, 6.07) is 3.89. The molecule has 1 unspecified atom stereocenters. The van der Waals surface area contributed by atoms with Crippen LogP contribution < -0.4 is 11.1 Å². The summed E-state index contributed by atoms with van der Waals surface area (Å²) in [6.07, 6.45) is 1.21. The highest BCUT2D eigenvalue weighted by Crippen LogP contribution is 2.31. The normalized spacial score (nSPS) is 12.1. The fourth-order valence-electron chi connectivity index (χ4n) is 1.64. The first-order valence-corrected chi connectivity index (χ1v) is 6.38. The van der Waals surface area contributed by atoms with E-state index in [1.807, 2.05) is 26.0 Å². The van der Waals surface area contributed by atoms with E-state index in [-0.39, 0.29) is 23.4 Å². The van der Waals surface area contributed by atoms with Crippen molar-refractivity contribution in [3.05, 3.63) is 38.3 Å². The summed E-state index contributed by atoms with van der Waals surface area (Å²) in [5.41, 5.74) is 5.22.